The molecule has 0 bridgehead atoms. The summed E-state index contributed by atoms with van der Waals surface area (Å²) in [6.07, 6.45) is 0.815. The molecule has 5 heteroatoms. The Hall–Kier alpha value is -2.30. The lowest BCUT2D eigenvalue weighted by molar-refractivity contribution is 0.0979. The van der Waals surface area contributed by atoms with Crippen molar-refractivity contribution in [1.29, 1.82) is 0 Å². The number of carbonyl (C=O) groups excluding carboxylic acids is 1. The van der Waals surface area contributed by atoms with Gasteiger partial charge in [0.2, 0.25) is 0 Å². The molecule has 0 saturated heterocycles. The highest BCUT2D eigenvalue weighted by Gasteiger charge is 2.20. The zero-order chi connectivity index (χ0) is 14.7. The minimum absolute atomic E-state index is 0.0491. The Balaban J connectivity index is 2.33. The second kappa shape index (κ2) is 5.77. The van der Waals surface area contributed by atoms with E-state index in [-0.39, 0.29) is 5.91 Å². The molecular formula is C15H20N4O. The molecule has 20 heavy (non-hydrogen) atoms. The normalized spacial score (nSPS) is 10.6. The summed E-state index contributed by atoms with van der Waals surface area (Å²) in [5, 5.41) is 4.32. The first-order valence-electron chi connectivity index (χ1n) is 6.77. The summed E-state index contributed by atoms with van der Waals surface area (Å²) in [5.74, 6) is -0.0491. The van der Waals surface area contributed by atoms with E-state index in [2.05, 4.69) is 5.10 Å². The van der Waals surface area contributed by atoms with Gasteiger partial charge in [-0.2, -0.15) is 5.10 Å². The Labute approximate surface area is 119 Å². The second-order valence-corrected chi connectivity index (χ2v) is 4.64. The van der Waals surface area contributed by atoms with Crippen molar-refractivity contribution in [2.24, 2.45) is 7.05 Å². The summed E-state index contributed by atoms with van der Waals surface area (Å²) in [6.45, 7) is 4.56. The van der Waals surface area contributed by atoms with Gasteiger partial charge in [-0.3, -0.25) is 9.48 Å². The van der Waals surface area contributed by atoms with Gasteiger partial charge in [0.25, 0.3) is 5.91 Å². The molecule has 0 radical (unpaired) electrons. The molecule has 0 spiro atoms. The molecule has 0 aliphatic carbocycles. The van der Waals surface area contributed by atoms with Crippen molar-refractivity contribution in [3.8, 4) is 0 Å². The molecule has 1 aromatic carbocycles. The first-order valence-corrected chi connectivity index (χ1v) is 6.77. The van der Waals surface area contributed by atoms with Crippen LogP contribution in [0.25, 0.3) is 0 Å². The number of anilines is 2. The van der Waals surface area contributed by atoms with Crippen LogP contribution in [0.4, 0.5) is 11.4 Å². The van der Waals surface area contributed by atoms with E-state index in [4.69, 9.17) is 5.73 Å². The number of hydrogen-bond acceptors (Lipinski definition) is 3. The molecule has 0 atom stereocenters. The maximum Gasteiger partial charge on any atom is 0.276 e. The summed E-state index contributed by atoms with van der Waals surface area (Å²) >= 11 is 0. The zero-order valence-corrected chi connectivity index (χ0v) is 12.1. The minimum atomic E-state index is -0.0491. The Kier molecular flexibility index (Phi) is 4.08. The minimum Gasteiger partial charge on any atom is -0.399 e. The molecule has 2 aromatic rings. The topological polar surface area (TPSA) is 64.2 Å². The van der Waals surface area contributed by atoms with Crippen LogP contribution in [0.3, 0.4) is 0 Å². The standard InChI is InChI=1S/C15H20N4O/c1-4-12-10-14(18(3)17-12)15(20)19(5-2)13-8-6-11(16)7-9-13/h6-10H,4-5,16H2,1-3H3. The third-order valence-electron chi connectivity index (χ3n) is 3.28. The number of nitrogens with two attached hydrogens (primary N) is 1. The number of amides is 1. The third-order valence-corrected chi connectivity index (χ3v) is 3.28. The lowest BCUT2D eigenvalue weighted by Gasteiger charge is -2.21. The maximum atomic E-state index is 12.6. The Morgan fingerprint density at radius 3 is 2.45 bits per heavy atom. The number of rotatable bonds is 4. The zero-order valence-electron chi connectivity index (χ0n) is 12.1. The molecule has 0 unspecified atom stereocenters. The summed E-state index contributed by atoms with van der Waals surface area (Å²) < 4.78 is 1.64. The van der Waals surface area contributed by atoms with Gasteiger partial charge >= 0.3 is 0 Å². The average Bonchev–Trinajstić information content (AvgIpc) is 2.83. The van der Waals surface area contributed by atoms with E-state index < -0.39 is 0 Å². The fourth-order valence-electron chi connectivity index (χ4n) is 2.14. The summed E-state index contributed by atoms with van der Waals surface area (Å²) in [6, 6.07) is 9.15. The first kappa shape index (κ1) is 14.1. The van der Waals surface area contributed by atoms with E-state index in [0.29, 0.717) is 17.9 Å². The van der Waals surface area contributed by atoms with E-state index in [9.17, 15) is 4.79 Å². The van der Waals surface area contributed by atoms with Crippen LogP contribution in [0.15, 0.2) is 30.3 Å². The van der Waals surface area contributed by atoms with E-state index in [1.807, 2.05) is 32.0 Å². The van der Waals surface area contributed by atoms with Gasteiger partial charge in [-0.25, -0.2) is 0 Å². The van der Waals surface area contributed by atoms with Gasteiger partial charge in [0.15, 0.2) is 0 Å². The summed E-state index contributed by atoms with van der Waals surface area (Å²) in [5.41, 5.74) is 8.73. The number of aromatic nitrogens is 2. The molecule has 0 aliphatic rings. The number of carbonyl (C=O) groups is 1. The highest BCUT2D eigenvalue weighted by molar-refractivity contribution is 6.05. The van der Waals surface area contributed by atoms with Crippen LogP contribution >= 0.6 is 0 Å². The molecule has 0 saturated carbocycles. The van der Waals surface area contributed by atoms with Crippen LogP contribution in [0.1, 0.15) is 30.0 Å². The van der Waals surface area contributed by atoms with Crippen molar-refractivity contribution >= 4 is 17.3 Å². The molecule has 2 N–H and O–H groups in total. The van der Waals surface area contributed by atoms with Crippen molar-refractivity contribution in [3.63, 3.8) is 0 Å². The van der Waals surface area contributed by atoms with Gasteiger partial charge in [-0.15, -0.1) is 0 Å². The van der Waals surface area contributed by atoms with Crippen LogP contribution in [0.5, 0.6) is 0 Å². The van der Waals surface area contributed by atoms with E-state index >= 15 is 0 Å². The molecule has 106 valence electrons. The summed E-state index contributed by atoms with van der Waals surface area (Å²) in [7, 11) is 1.79. The molecule has 0 aliphatic heterocycles. The Morgan fingerprint density at radius 1 is 1.30 bits per heavy atom. The van der Waals surface area contributed by atoms with Gasteiger partial charge in [-0.05, 0) is 43.7 Å². The molecule has 5 nitrogen and oxygen atoms in total. The number of aryl methyl sites for hydroxylation is 2. The molecular weight excluding hydrogens is 252 g/mol. The maximum absolute atomic E-state index is 12.6. The van der Waals surface area contributed by atoms with Crippen LogP contribution in [0.2, 0.25) is 0 Å². The quantitative estimate of drug-likeness (QED) is 0.868. The molecule has 1 aromatic heterocycles. The second-order valence-electron chi connectivity index (χ2n) is 4.64. The van der Waals surface area contributed by atoms with Gasteiger partial charge in [0.05, 0.1) is 5.69 Å². The number of benzene rings is 1. The lowest BCUT2D eigenvalue weighted by atomic mass is 10.2. The fourth-order valence-corrected chi connectivity index (χ4v) is 2.14. The SMILES string of the molecule is CCc1cc(C(=O)N(CC)c2ccc(N)cc2)n(C)n1. The Morgan fingerprint density at radius 2 is 1.95 bits per heavy atom. The van der Waals surface area contributed by atoms with E-state index in [0.717, 1.165) is 17.8 Å². The van der Waals surface area contributed by atoms with Crippen molar-refractivity contribution in [2.75, 3.05) is 17.2 Å². The smallest absolute Gasteiger partial charge is 0.276 e. The number of hydrogen-bond donors (Lipinski definition) is 1. The van der Waals surface area contributed by atoms with Crippen LogP contribution in [-0.2, 0) is 13.5 Å². The number of nitrogen functional groups attached to an aromatic ring is 1. The van der Waals surface area contributed by atoms with Gasteiger partial charge < -0.3 is 10.6 Å². The van der Waals surface area contributed by atoms with Crippen molar-refractivity contribution in [3.05, 3.63) is 41.7 Å². The van der Waals surface area contributed by atoms with Gasteiger partial charge in [0, 0.05) is 25.0 Å². The van der Waals surface area contributed by atoms with Crippen molar-refractivity contribution in [1.82, 2.24) is 9.78 Å². The molecule has 1 amide bonds. The summed E-state index contributed by atoms with van der Waals surface area (Å²) in [4.78, 5) is 14.4. The van der Waals surface area contributed by atoms with E-state index in [1.165, 1.54) is 0 Å². The van der Waals surface area contributed by atoms with Gasteiger partial charge in [0.1, 0.15) is 5.69 Å². The highest BCUT2D eigenvalue weighted by Crippen LogP contribution is 2.19. The average molecular weight is 272 g/mol. The Bertz CT molecular complexity index is 601. The highest BCUT2D eigenvalue weighted by atomic mass is 16.2. The lowest BCUT2D eigenvalue weighted by Crippen LogP contribution is -2.32. The van der Waals surface area contributed by atoms with Crippen molar-refractivity contribution in [2.45, 2.75) is 20.3 Å². The van der Waals surface area contributed by atoms with E-state index in [1.54, 1.807) is 28.8 Å². The predicted octanol–water partition coefficient (Wildman–Crippen LogP) is 2.23. The van der Waals surface area contributed by atoms with Gasteiger partial charge in [-0.1, -0.05) is 6.92 Å². The predicted molar refractivity (Wildman–Crippen MR) is 80.8 cm³/mol. The third kappa shape index (κ3) is 2.66. The van der Waals surface area contributed by atoms with Crippen LogP contribution in [0, 0.1) is 0 Å². The molecule has 1 heterocycles. The molecule has 0 fully saturated rings. The van der Waals surface area contributed by atoms with Crippen LogP contribution < -0.4 is 10.6 Å². The fraction of sp³-hybridized carbons (Fsp3) is 0.333. The first-order chi connectivity index (χ1) is 9.56. The molecule has 2 rings (SSSR count). The monoisotopic (exact) mass is 272 g/mol. The van der Waals surface area contributed by atoms with Crippen LogP contribution in [-0.4, -0.2) is 22.2 Å². The largest absolute Gasteiger partial charge is 0.399 e. The van der Waals surface area contributed by atoms with Crippen molar-refractivity contribution < 1.29 is 4.79 Å². The number of nitrogens with zero attached hydrogens (tertiary/aromatic N) is 3.